The number of carbonyl (C=O) groups excluding carboxylic acids is 2. The fourth-order valence-electron chi connectivity index (χ4n) is 3.72. The molecule has 0 bridgehead atoms. The first-order chi connectivity index (χ1) is 14.5. The molecule has 2 amide bonds. The molecule has 1 aliphatic heterocycles. The summed E-state index contributed by atoms with van der Waals surface area (Å²) in [6.45, 7) is 3.55. The van der Waals surface area contributed by atoms with Crippen molar-refractivity contribution in [1.29, 1.82) is 0 Å². The summed E-state index contributed by atoms with van der Waals surface area (Å²) in [5.74, 6) is 0.720. The van der Waals surface area contributed by atoms with Gasteiger partial charge in [0.15, 0.2) is 11.5 Å². The molecule has 1 aliphatic carbocycles. The number of benzene rings is 1. The van der Waals surface area contributed by atoms with Crippen LogP contribution in [-0.2, 0) is 4.79 Å². The zero-order chi connectivity index (χ0) is 21.1. The molecule has 30 heavy (non-hydrogen) atoms. The van der Waals surface area contributed by atoms with E-state index in [0.29, 0.717) is 30.1 Å². The van der Waals surface area contributed by atoms with Gasteiger partial charge in [0.25, 0.3) is 5.91 Å². The number of nitrogens with one attached hydrogen (secondary N) is 2. The van der Waals surface area contributed by atoms with Crippen LogP contribution in [0.3, 0.4) is 0 Å². The molecule has 2 heterocycles. The summed E-state index contributed by atoms with van der Waals surface area (Å²) in [6, 6.07) is 8.47. The summed E-state index contributed by atoms with van der Waals surface area (Å²) in [6.07, 6.45) is 4.61. The van der Waals surface area contributed by atoms with Crippen molar-refractivity contribution in [2.45, 2.75) is 51.0 Å². The molecule has 0 radical (unpaired) electrons. The molecule has 1 saturated heterocycles. The van der Waals surface area contributed by atoms with Crippen LogP contribution >= 0.6 is 0 Å². The van der Waals surface area contributed by atoms with Gasteiger partial charge < -0.3 is 21.3 Å². The van der Waals surface area contributed by atoms with E-state index in [9.17, 15) is 9.59 Å². The standard InChI is InChI=1S/C21H27N7O2/c1-2-17(29)28-11-9-14(10-12-28)13-3-5-16(6-4-13)24-21-25-20(23-15-7-8-15)18(19(22)30)26-27-21/h3-6,14-15H,2,7-12H2,1H3,(H2,22,30)(H2,23,24,25,27). The van der Waals surface area contributed by atoms with E-state index in [0.717, 1.165) is 44.5 Å². The lowest BCUT2D eigenvalue weighted by Gasteiger charge is -2.32. The zero-order valence-electron chi connectivity index (χ0n) is 17.1. The Morgan fingerprint density at radius 2 is 1.80 bits per heavy atom. The van der Waals surface area contributed by atoms with Gasteiger partial charge in [-0.2, -0.15) is 4.98 Å². The quantitative estimate of drug-likeness (QED) is 0.641. The van der Waals surface area contributed by atoms with Crippen molar-refractivity contribution in [2.24, 2.45) is 5.73 Å². The number of anilines is 3. The lowest BCUT2D eigenvalue weighted by Crippen LogP contribution is -2.37. The molecular weight excluding hydrogens is 382 g/mol. The van der Waals surface area contributed by atoms with Crippen molar-refractivity contribution < 1.29 is 9.59 Å². The molecule has 9 nitrogen and oxygen atoms in total. The fraction of sp³-hybridized carbons (Fsp3) is 0.476. The molecule has 0 atom stereocenters. The van der Waals surface area contributed by atoms with Crippen molar-refractivity contribution in [3.63, 3.8) is 0 Å². The number of amides is 2. The first-order valence-corrected chi connectivity index (χ1v) is 10.5. The van der Waals surface area contributed by atoms with Crippen LogP contribution in [0.15, 0.2) is 24.3 Å². The highest BCUT2D eigenvalue weighted by Gasteiger charge is 2.25. The van der Waals surface area contributed by atoms with Crippen LogP contribution in [0.1, 0.15) is 61.0 Å². The van der Waals surface area contributed by atoms with E-state index >= 15 is 0 Å². The minimum absolute atomic E-state index is 0.0516. The van der Waals surface area contributed by atoms with Gasteiger partial charge in [-0.1, -0.05) is 19.1 Å². The molecule has 0 spiro atoms. The number of likely N-dealkylation sites (tertiary alicyclic amines) is 1. The van der Waals surface area contributed by atoms with Crippen molar-refractivity contribution in [1.82, 2.24) is 20.1 Å². The van der Waals surface area contributed by atoms with Crippen molar-refractivity contribution in [2.75, 3.05) is 23.7 Å². The molecular formula is C21H27N7O2. The lowest BCUT2D eigenvalue weighted by molar-refractivity contribution is -0.131. The van der Waals surface area contributed by atoms with Crippen LogP contribution < -0.4 is 16.4 Å². The van der Waals surface area contributed by atoms with Crippen LogP contribution in [0.5, 0.6) is 0 Å². The van der Waals surface area contributed by atoms with Gasteiger partial charge >= 0.3 is 0 Å². The SMILES string of the molecule is CCC(=O)N1CCC(c2ccc(Nc3nnc(C(N)=O)c(NC4CC4)n3)cc2)CC1. The third-order valence-corrected chi connectivity index (χ3v) is 5.63. The van der Waals surface area contributed by atoms with Gasteiger partial charge in [0, 0.05) is 31.2 Å². The van der Waals surface area contributed by atoms with E-state index < -0.39 is 5.91 Å². The van der Waals surface area contributed by atoms with Gasteiger partial charge in [-0.15, -0.1) is 10.2 Å². The first-order valence-electron chi connectivity index (χ1n) is 10.5. The monoisotopic (exact) mass is 409 g/mol. The van der Waals surface area contributed by atoms with Crippen LogP contribution in [-0.4, -0.2) is 51.0 Å². The summed E-state index contributed by atoms with van der Waals surface area (Å²) in [7, 11) is 0. The molecule has 1 saturated carbocycles. The van der Waals surface area contributed by atoms with Gasteiger partial charge in [0.2, 0.25) is 11.9 Å². The van der Waals surface area contributed by atoms with Crippen LogP contribution in [0.25, 0.3) is 0 Å². The Bertz CT molecular complexity index is 919. The van der Waals surface area contributed by atoms with Crippen LogP contribution in [0.4, 0.5) is 17.5 Å². The molecule has 9 heteroatoms. The van der Waals surface area contributed by atoms with Gasteiger partial charge in [-0.25, -0.2) is 0 Å². The van der Waals surface area contributed by atoms with Gasteiger partial charge in [0.05, 0.1) is 0 Å². The van der Waals surface area contributed by atoms with Crippen molar-refractivity contribution in [3.05, 3.63) is 35.5 Å². The number of piperidine rings is 1. The van der Waals surface area contributed by atoms with Crippen LogP contribution in [0.2, 0.25) is 0 Å². The Balaban J connectivity index is 1.40. The number of aromatic nitrogens is 3. The van der Waals surface area contributed by atoms with E-state index in [4.69, 9.17) is 5.73 Å². The lowest BCUT2D eigenvalue weighted by atomic mass is 9.89. The van der Waals surface area contributed by atoms with Crippen molar-refractivity contribution >= 4 is 29.3 Å². The highest BCUT2D eigenvalue weighted by atomic mass is 16.2. The average molecular weight is 409 g/mol. The molecule has 4 N–H and O–H groups in total. The maximum atomic E-state index is 11.8. The van der Waals surface area contributed by atoms with E-state index in [1.807, 2.05) is 24.0 Å². The summed E-state index contributed by atoms with van der Waals surface area (Å²) in [5, 5.41) is 14.2. The second kappa shape index (κ2) is 8.64. The normalized spacial score (nSPS) is 16.9. The van der Waals surface area contributed by atoms with E-state index in [1.54, 1.807) is 0 Å². The first kappa shape index (κ1) is 20.1. The molecule has 2 aromatic rings. The largest absolute Gasteiger partial charge is 0.365 e. The summed E-state index contributed by atoms with van der Waals surface area (Å²) >= 11 is 0. The highest BCUT2D eigenvalue weighted by Crippen LogP contribution is 2.30. The van der Waals surface area contributed by atoms with Gasteiger partial charge in [-0.05, 0) is 49.3 Å². The molecule has 2 fully saturated rings. The minimum Gasteiger partial charge on any atom is -0.365 e. The second-order valence-electron chi connectivity index (χ2n) is 7.87. The molecule has 158 valence electrons. The third kappa shape index (κ3) is 4.67. The molecule has 2 aliphatic rings. The maximum absolute atomic E-state index is 11.8. The van der Waals surface area contributed by atoms with Crippen LogP contribution in [0, 0.1) is 0 Å². The number of hydrogen-bond acceptors (Lipinski definition) is 7. The van der Waals surface area contributed by atoms with E-state index in [1.165, 1.54) is 5.56 Å². The molecule has 4 rings (SSSR count). The Labute approximate surface area is 175 Å². The Morgan fingerprint density at radius 3 is 2.40 bits per heavy atom. The summed E-state index contributed by atoms with van der Waals surface area (Å²) in [5.41, 5.74) is 7.53. The maximum Gasteiger partial charge on any atom is 0.273 e. The predicted molar refractivity (Wildman–Crippen MR) is 114 cm³/mol. The number of hydrogen-bond donors (Lipinski definition) is 3. The Kier molecular flexibility index (Phi) is 5.78. The number of nitrogens with two attached hydrogens (primary N) is 1. The number of nitrogens with zero attached hydrogens (tertiary/aromatic N) is 4. The van der Waals surface area contributed by atoms with Gasteiger partial charge in [-0.3, -0.25) is 9.59 Å². The fourth-order valence-corrected chi connectivity index (χ4v) is 3.72. The number of carbonyl (C=O) groups is 2. The number of rotatable bonds is 7. The second-order valence-corrected chi connectivity index (χ2v) is 7.87. The minimum atomic E-state index is -0.652. The highest BCUT2D eigenvalue weighted by molar-refractivity contribution is 5.95. The average Bonchev–Trinajstić information content (AvgIpc) is 3.58. The Hall–Kier alpha value is -3.23. The zero-order valence-corrected chi connectivity index (χ0v) is 17.1. The van der Waals surface area contributed by atoms with Gasteiger partial charge in [0.1, 0.15) is 0 Å². The smallest absolute Gasteiger partial charge is 0.273 e. The number of primary amides is 1. The molecule has 0 unspecified atom stereocenters. The van der Waals surface area contributed by atoms with E-state index in [2.05, 4.69) is 37.9 Å². The topological polar surface area (TPSA) is 126 Å². The molecule has 1 aromatic carbocycles. The van der Waals surface area contributed by atoms with E-state index in [-0.39, 0.29) is 11.6 Å². The summed E-state index contributed by atoms with van der Waals surface area (Å²) < 4.78 is 0. The third-order valence-electron chi connectivity index (χ3n) is 5.63. The Morgan fingerprint density at radius 1 is 1.10 bits per heavy atom. The van der Waals surface area contributed by atoms with Crippen molar-refractivity contribution in [3.8, 4) is 0 Å². The summed E-state index contributed by atoms with van der Waals surface area (Å²) in [4.78, 5) is 29.7. The molecule has 1 aromatic heterocycles. The predicted octanol–water partition coefficient (Wildman–Crippen LogP) is 2.40.